The molecule has 0 amide bonds. The van der Waals surface area contributed by atoms with Gasteiger partial charge < -0.3 is 9.55 Å². The molecule has 0 aromatic carbocycles. The van der Waals surface area contributed by atoms with Crippen LogP contribution >= 0.6 is 0 Å². The summed E-state index contributed by atoms with van der Waals surface area (Å²) < 4.78 is 2.43. The van der Waals surface area contributed by atoms with E-state index in [0.29, 0.717) is 5.69 Å². The number of aromatic amines is 1. The van der Waals surface area contributed by atoms with Crippen molar-refractivity contribution >= 4 is 51.1 Å². The monoisotopic (exact) mass is 559 g/mol. The van der Waals surface area contributed by atoms with Gasteiger partial charge in [-0.25, -0.2) is 9.83 Å². The molecule has 1 N–H and O–H groups in total. The van der Waals surface area contributed by atoms with Crippen LogP contribution in [0, 0.1) is 6.57 Å². The van der Waals surface area contributed by atoms with E-state index in [1.54, 1.807) is 0 Å². The summed E-state index contributed by atoms with van der Waals surface area (Å²) in [7, 11) is 0. The molecule has 42 heavy (non-hydrogen) atoms. The van der Waals surface area contributed by atoms with Crippen molar-refractivity contribution in [1.29, 1.82) is 0 Å². The Kier molecular flexibility index (Phi) is 8.55. The molecule has 8 bridgehead atoms. The Morgan fingerprint density at radius 3 is 1.67 bits per heavy atom. The third-order valence-corrected chi connectivity index (χ3v) is 9.15. The number of H-pyrrole nitrogens is 1. The van der Waals surface area contributed by atoms with Gasteiger partial charge in [-0.3, -0.25) is 4.98 Å². The van der Waals surface area contributed by atoms with E-state index in [-0.39, 0.29) is 0 Å². The van der Waals surface area contributed by atoms with Crippen LogP contribution in [-0.2, 0) is 38.6 Å². The van der Waals surface area contributed by atoms with Crippen molar-refractivity contribution in [3.63, 3.8) is 0 Å². The molecule has 218 valence electrons. The van der Waals surface area contributed by atoms with Gasteiger partial charge in [-0.05, 0) is 104 Å². The molecule has 0 saturated heterocycles. The zero-order chi connectivity index (χ0) is 30.1. The Morgan fingerprint density at radius 1 is 0.619 bits per heavy atom. The van der Waals surface area contributed by atoms with Crippen LogP contribution in [0.5, 0.6) is 0 Å². The molecule has 5 rings (SSSR count). The summed E-state index contributed by atoms with van der Waals surface area (Å²) >= 11 is 0. The maximum atomic E-state index is 8.59. The van der Waals surface area contributed by atoms with Crippen LogP contribution in [0.25, 0.3) is 50.2 Å². The van der Waals surface area contributed by atoms with Crippen molar-refractivity contribution in [2.75, 3.05) is 0 Å². The van der Waals surface area contributed by atoms with Gasteiger partial charge in [-0.1, -0.05) is 48.5 Å². The van der Waals surface area contributed by atoms with E-state index < -0.39 is 0 Å². The van der Waals surface area contributed by atoms with Crippen molar-refractivity contribution in [1.82, 2.24) is 19.5 Å². The highest BCUT2D eigenvalue weighted by Crippen LogP contribution is 2.44. The van der Waals surface area contributed by atoms with Crippen LogP contribution < -0.4 is 0 Å². The second kappa shape index (κ2) is 12.1. The molecule has 0 saturated carbocycles. The molecule has 5 nitrogen and oxygen atoms in total. The molecule has 3 aromatic rings. The van der Waals surface area contributed by atoms with Gasteiger partial charge in [0.05, 0.1) is 34.9 Å². The van der Waals surface area contributed by atoms with E-state index in [9.17, 15) is 0 Å². The highest BCUT2D eigenvalue weighted by molar-refractivity contribution is 6.01. The molecule has 5 heterocycles. The molecular formula is C37H45N5. The normalized spacial score (nSPS) is 12.8. The summed E-state index contributed by atoms with van der Waals surface area (Å²) in [5.41, 5.74) is 18.0. The standard InChI is InChI=1S/C37H45N5/c1-10-22-23(11-2)34-35(38-9)37-25(13-4)24(12-3)36(42(37)17-8)28(16-7)32-21-19-30(40-32)26(14-5)29-18-20-31(39-29)27(15-6)33(22)41-34/h18-21,40H,10-17H2,1-8H3. The first kappa shape index (κ1) is 29.6. The third-order valence-electron chi connectivity index (χ3n) is 9.15. The van der Waals surface area contributed by atoms with Crippen molar-refractivity contribution in [2.45, 2.75) is 107 Å². The van der Waals surface area contributed by atoms with Gasteiger partial charge in [-0.15, -0.1) is 0 Å². The molecule has 0 unspecified atom stereocenters. The topological polar surface area (TPSA) is 50.9 Å². The van der Waals surface area contributed by atoms with E-state index >= 15 is 0 Å². The zero-order valence-electron chi connectivity index (χ0n) is 26.8. The lowest BCUT2D eigenvalue weighted by atomic mass is 9.96. The van der Waals surface area contributed by atoms with E-state index in [1.807, 2.05) is 0 Å². The first-order valence-electron chi connectivity index (χ1n) is 16.1. The van der Waals surface area contributed by atoms with Crippen molar-refractivity contribution in [3.05, 3.63) is 74.1 Å². The summed E-state index contributed by atoms with van der Waals surface area (Å²) in [5.74, 6) is 0. The van der Waals surface area contributed by atoms with Crippen LogP contribution in [-0.4, -0.2) is 19.5 Å². The number of fused-ring (bicyclic) bond motifs is 8. The highest BCUT2D eigenvalue weighted by Gasteiger charge is 2.27. The minimum Gasteiger partial charge on any atom is -0.355 e. The number of hydrogen-bond donors (Lipinski definition) is 1. The van der Waals surface area contributed by atoms with Gasteiger partial charge in [0.2, 0.25) is 5.69 Å². The maximum absolute atomic E-state index is 8.59. The van der Waals surface area contributed by atoms with Crippen LogP contribution in [0.15, 0.2) is 12.1 Å². The SMILES string of the molecule is [C-]#[N+]c1c2nc(c(CC)c3nc(c(CC)c4ccc([nH]4)c(CC)c4c(CC)c(CC)c1n4CC)C=C3)C(CC)=C2CC. The number of aromatic nitrogens is 4. The second-order valence-corrected chi connectivity index (χ2v) is 11.0. The predicted octanol–water partition coefficient (Wildman–Crippen LogP) is 10.1. The first-order valence-corrected chi connectivity index (χ1v) is 16.1. The quantitative estimate of drug-likeness (QED) is 0.218. The molecule has 0 radical (unpaired) electrons. The van der Waals surface area contributed by atoms with Gasteiger partial charge in [0.15, 0.2) is 0 Å². The number of rotatable bonds is 8. The fraction of sp³-hybridized carbons (Fsp3) is 0.432. The fourth-order valence-electron chi connectivity index (χ4n) is 7.29. The summed E-state index contributed by atoms with van der Waals surface area (Å²) in [6.07, 6.45) is 10.4. The minimum atomic E-state index is 0.690. The van der Waals surface area contributed by atoms with Gasteiger partial charge in [0.1, 0.15) is 0 Å². The summed E-state index contributed by atoms with van der Waals surface area (Å²) in [6, 6.07) is 4.46. The fourth-order valence-corrected chi connectivity index (χ4v) is 7.29. The number of nitrogens with zero attached hydrogens (tertiary/aromatic N) is 4. The van der Waals surface area contributed by atoms with E-state index in [1.165, 1.54) is 38.9 Å². The third kappa shape index (κ3) is 4.44. The van der Waals surface area contributed by atoms with E-state index in [0.717, 1.165) is 96.4 Å². The molecule has 3 aromatic heterocycles. The number of allylic oxidation sites excluding steroid dienone is 2. The van der Waals surface area contributed by atoms with E-state index in [2.05, 4.69) is 94.1 Å². The summed E-state index contributed by atoms with van der Waals surface area (Å²) in [4.78, 5) is 18.7. The average Bonchev–Trinajstić information content (AvgIpc) is 3.80. The van der Waals surface area contributed by atoms with Crippen molar-refractivity contribution in [2.24, 2.45) is 0 Å². The molecule has 2 aliphatic heterocycles. The maximum Gasteiger partial charge on any atom is 0.235 e. The lowest BCUT2D eigenvalue weighted by Crippen LogP contribution is -1.98. The lowest BCUT2D eigenvalue weighted by molar-refractivity contribution is 0.818. The van der Waals surface area contributed by atoms with Crippen molar-refractivity contribution < 1.29 is 0 Å². The van der Waals surface area contributed by atoms with Crippen LogP contribution in [0.4, 0.5) is 5.69 Å². The molecule has 0 fully saturated rings. The summed E-state index contributed by atoms with van der Waals surface area (Å²) in [5, 5.41) is 0. The smallest absolute Gasteiger partial charge is 0.235 e. The lowest BCUT2D eigenvalue weighted by Gasteiger charge is -2.10. The van der Waals surface area contributed by atoms with Gasteiger partial charge in [-0.2, -0.15) is 0 Å². The Hall–Kier alpha value is -3.91. The molecule has 0 aliphatic carbocycles. The Labute approximate surface area is 251 Å². The molecule has 0 atom stereocenters. The Balaban J connectivity index is 2.20. The van der Waals surface area contributed by atoms with Crippen molar-refractivity contribution in [3.8, 4) is 0 Å². The zero-order valence-corrected chi connectivity index (χ0v) is 26.8. The van der Waals surface area contributed by atoms with Crippen LogP contribution in [0.2, 0.25) is 0 Å². The second-order valence-electron chi connectivity index (χ2n) is 11.0. The number of aryl methyl sites for hydroxylation is 5. The van der Waals surface area contributed by atoms with Crippen LogP contribution in [0.3, 0.4) is 0 Å². The molecule has 5 heteroatoms. The Bertz CT molecular complexity index is 1820. The molecular weight excluding hydrogens is 514 g/mol. The van der Waals surface area contributed by atoms with Gasteiger partial charge >= 0.3 is 0 Å². The minimum absolute atomic E-state index is 0.690. The highest BCUT2D eigenvalue weighted by atomic mass is 15.0. The van der Waals surface area contributed by atoms with E-state index in [4.69, 9.17) is 16.5 Å². The predicted molar refractivity (Wildman–Crippen MR) is 180 cm³/mol. The average molecular weight is 560 g/mol. The van der Waals surface area contributed by atoms with Crippen LogP contribution in [0.1, 0.15) is 119 Å². The first-order chi connectivity index (χ1) is 20.5. The van der Waals surface area contributed by atoms with Gasteiger partial charge in [0, 0.05) is 34.2 Å². The largest absolute Gasteiger partial charge is 0.355 e. The Morgan fingerprint density at radius 2 is 1.14 bits per heavy atom. The summed E-state index contributed by atoms with van der Waals surface area (Å²) in [6.45, 7) is 27.2. The molecule has 2 aliphatic rings. The number of nitrogens with one attached hydrogen (secondary N) is 1. The van der Waals surface area contributed by atoms with Gasteiger partial charge in [0.25, 0.3) is 0 Å². The molecule has 0 spiro atoms. The number of hydrogen-bond acceptors (Lipinski definition) is 2.